The molecule has 4 N–H and O–H groups in total. The van der Waals surface area contributed by atoms with Crippen molar-refractivity contribution in [3.05, 3.63) is 144 Å². The number of rotatable bonds is 12. The van der Waals surface area contributed by atoms with Crippen LogP contribution in [0.2, 0.25) is 0 Å². The summed E-state index contributed by atoms with van der Waals surface area (Å²) in [6, 6.07) is 40.8. The van der Waals surface area contributed by atoms with Gasteiger partial charge < -0.3 is 20.4 Å². The second-order valence-electron chi connectivity index (χ2n) is 9.25. The molecule has 0 aliphatic heterocycles. The van der Waals surface area contributed by atoms with Crippen molar-refractivity contribution in [1.82, 2.24) is 0 Å². The van der Waals surface area contributed by atoms with Crippen molar-refractivity contribution in [3.63, 3.8) is 0 Å². The van der Waals surface area contributed by atoms with Crippen LogP contribution in [-0.2, 0) is 47.4 Å². The van der Waals surface area contributed by atoms with Crippen LogP contribution in [0, 0.1) is 0 Å². The van der Waals surface area contributed by atoms with Crippen molar-refractivity contribution in [1.29, 1.82) is 0 Å². The maximum absolute atomic E-state index is 8.53. The molecule has 0 bridgehead atoms. The summed E-state index contributed by atoms with van der Waals surface area (Å²) < 4.78 is 0. The predicted molar refractivity (Wildman–Crippen MR) is 167 cm³/mol. The van der Waals surface area contributed by atoms with Gasteiger partial charge in [-0.3, -0.25) is 0 Å². The van der Waals surface area contributed by atoms with E-state index >= 15 is 0 Å². The third-order valence-electron chi connectivity index (χ3n) is 5.87. The van der Waals surface area contributed by atoms with E-state index in [1.807, 2.05) is 72.8 Å². The molecule has 4 aromatic rings. The zero-order valence-corrected chi connectivity index (χ0v) is 25.9. The van der Waals surface area contributed by atoms with Crippen molar-refractivity contribution in [3.8, 4) is 0 Å². The number of aryl methyl sites for hydroxylation is 4. The molecule has 41 heavy (non-hydrogen) atoms. The van der Waals surface area contributed by atoms with E-state index in [0.717, 1.165) is 51.4 Å². The van der Waals surface area contributed by atoms with Crippen LogP contribution >= 0.6 is 0 Å². The molecular weight excluding hydrogens is 544 g/mol. The summed E-state index contributed by atoms with van der Waals surface area (Å²) in [6.45, 7) is 1.15. The molecule has 0 amide bonds. The number of aliphatic hydroxyl groups excluding tert-OH is 4. The number of hydrogen-bond donors (Lipinski definition) is 4. The van der Waals surface area contributed by atoms with Gasteiger partial charge in [0.05, 0.1) is 0 Å². The van der Waals surface area contributed by atoms with Gasteiger partial charge in [-0.1, -0.05) is 121 Å². The van der Waals surface area contributed by atoms with Gasteiger partial charge in [0.25, 0.3) is 0 Å². The van der Waals surface area contributed by atoms with E-state index in [1.54, 1.807) is 0 Å². The predicted octanol–water partition coefficient (Wildman–Crippen LogP) is 6.44. The normalized spacial score (nSPS) is 9.46. The molecule has 0 saturated carbocycles. The largest absolute Gasteiger partial charge is 0.396 e. The van der Waals surface area contributed by atoms with Gasteiger partial charge in [0, 0.05) is 48.1 Å². The molecular formula is C36H48O4Ti. The van der Waals surface area contributed by atoms with Crippen LogP contribution in [0.3, 0.4) is 0 Å². The van der Waals surface area contributed by atoms with E-state index in [2.05, 4.69) is 48.5 Å². The van der Waals surface area contributed by atoms with Crippen LogP contribution in [0.1, 0.15) is 47.9 Å². The van der Waals surface area contributed by atoms with E-state index in [9.17, 15) is 0 Å². The summed E-state index contributed by atoms with van der Waals surface area (Å²) in [7, 11) is 0. The minimum Gasteiger partial charge on any atom is -0.396 e. The molecule has 220 valence electrons. The second kappa shape index (κ2) is 28.9. The van der Waals surface area contributed by atoms with Gasteiger partial charge in [-0.05, 0) is 73.6 Å². The van der Waals surface area contributed by atoms with Crippen molar-refractivity contribution in [2.75, 3.05) is 26.4 Å². The average Bonchev–Trinajstić information content (AvgIpc) is 3.04. The number of aliphatic hydroxyl groups is 4. The fourth-order valence-electron chi connectivity index (χ4n) is 3.71. The first kappa shape index (κ1) is 38.4. The van der Waals surface area contributed by atoms with Crippen LogP contribution in [-0.4, -0.2) is 46.9 Å². The van der Waals surface area contributed by atoms with Gasteiger partial charge in [-0.25, -0.2) is 0 Å². The first-order valence-electron chi connectivity index (χ1n) is 14.3. The molecule has 0 saturated heterocycles. The van der Waals surface area contributed by atoms with E-state index in [1.165, 1.54) is 22.3 Å². The van der Waals surface area contributed by atoms with E-state index in [-0.39, 0.29) is 48.1 Å². The Morgan fingerprint density at radius 3 is 0.610 bits per heavy atom. The summed E-state index contributed by atoms with van der Waals surface area (Å²) in [5.74, 6) is 0. The third kappa shape index (κ3) is 22.8. The zero-order valence-electron chi connectivity index (χ0n) is 24.3. The van der Waals surface area contributed by atoms with Crippen LogP contribution < -0.4 is 0 Å². The fraction of sp³-hybridized carbons (Fsp3) is 0.333. The van der Waals surface area contributed by atoms with Gasteiger partial charge in [-0.15, -0.1) is 0 Å². The summed E-state index contributed by atoms with van der Waals surface area (Å²) in [5, 5.41) is 34.1. The molecule has 0 heterocycles. The Hall–Kier alpha value is -2.57. The molecule has 0 radical (unpaired) electrons. The monoisotopic (exact) mass is 592 g/mol. The second-order valence-corrected chi connectivity index (χ2v) is 9.25. The molecule has 4 aromatic carbocycles. The van der Waals surface area contributed by atoms with Crippen molar-refractivity contribution < 1.29 is 42.1 Å². The molecule has 0 aliphatic carbocycles. The van der Waals surface area contributed by atoms with E-state index in [4.69, 9.17) is 20.4 Å². The van der Waals surface area contributed by atoms with Crippen molar-refractivity contribution >= 4 is 0 Å². The number of hydrogen-bond acceptors (Lipinski definition) is 4. The molecule has 0 unspecified atom stereocenters. The smallest absolute Gasteiger partial charge is 0.0434 e. The van der Waals surface area contributed by atoms with Gasteiger partial charge in [0.1, 0.15) is 0 Å². The molecule has 4 rings (SSSR count). The SMILES string of the molecule is OCCCc1ccccc1.OCCCc1ccccc1.OCCCc1ccccc1.OCCCc1ccccc1.[Ti]. The summed E-state index contributed by atoms with van der Waals surface area (Å²) >= 11 is 0. The average molecular weight is 593 g/mol. The maximum Gasteiger partial charge on any atom is 0.0434 e. The van der Waals surface area contributed by atoms with Crippen LogP contribution in [0.4, 0.5) is 0 Å². The molecule has 0 fully saturated rings. The topological polar surface area (TPSA) is 80.9 Å². The summed E-state index contributed by atoms with van der Waals surface area (Å²) in [5.41, 5.74) is 5.21. The Bertz CT molecular complexity index is 858. The van der Waals surface area contributed by atoms with Gasteiger partial charge in [0.2, 0.25) is 0 Å². The molecule has 0 aromatic heterocycles. The third-order valence-corrected chi connectivity index (χ3v) is 5.87. The molecule has 4 nitrogen and oxygen atoms in total. The quantitative estimate of drug-likeness (QED) is 0.143. The van der Waals surface area contributed by atoms with Crippen LogP contribution in [0.15, 0.2) is 121 Å². The molecule has 0 spiro atoms. The Morgan fingerprint density at radius 1 is 0.293 bits per heavy atom. The van der Waals surface area contributed by atoms with Crippen LogP contribution in [0.25, 0.3) is 0 Å². The fourth-order valence-corrected chi connectivity index (χ4v) is 3.71. The van der Waals surface area contributed by atoms with Gasteiger partial charge >= 0.3 is 0 Å². The standard InChI is InChI=1S/4C9H12O.Ti/c4*10-8-4-7-9-5-2-1-3-6-9;/h4*1-3,5-6,10H,4,7-8H2;. The Labute approximate surface area is 262 Å². The maximum atomic E-state index is 8.53. The van der Waals surface area contributed by atoms with Gasteiger partial charge in [0.15, 0.2) is 0 Å². The van der Waals surface area contributed by atoms with Crippen molar-refractivity contribution in [2.45, 2.75) is 51.4 Å². The minimum absolute atomic E-state index is 0. The van der Waals surface area contributed by atoms with Crippen molar-refractivity contribution in [2.24, 2.45) is 0 Å². The minimum atomic E-state index is 0. The Balaban J connectivity index is 0.000000516. The Morgan fingerprint density at radius 2 is 0.463 bits per heavy atom. The van der Waals surface area contributed by atoms with E-state index in [0.29, 0.717) is 0 Å². The Kier molecular flexibility index (Phi) is 27.1. The molecule has 0 atom stereocenters. The van der Waals surface area contributed by atoms with E-state index < -0.39 is 0 Å². The molecule has 5 heteroatoms. The summed E-state index contributed by atoms with van der Waals surface area (Å²) in [6.07, 6.45) is 7.39. The summed E-state index contributed by atoms with van der Waals surface area (Å²) in [4.78, 5) is 0. The molecule has 0 aliphatic rings. The first-order valence-corrected chi connectivity index (χ1v) is 14.3. The van der Waals surface area contributed by atoms with Crippen LogP contribution in [0.5, 0.6) is 0 Å². The number of benzene rings is 4. The first-order chi connectivity index (χ1) is 19.7. The zero-order chi connectivity index (χ0) is 28.9. The van der Waals surface area contributed by atoms with Gasteiger partial charge in [-0.2, -0.15) is 0 Å².